The van der Waals surface area contributed by atoms with Crippen molar-refractivity contribution in [2.24, 2.45) is 17.8 Å². The van der Waals surface area contributed by atoms with Crippen molar-refractivity contribution in [3.05, 3.63) is 10.6 Å². The van der Waals surface area contributed by atoms with Gasteiger partial charge < -0.3 is 30.6 Å². The molecule has 4 rings (SSSR count). The quantitative estimate of drug-likeness (QED) is 0.195. The molecule has 0 aromatic carbocycles. The zero-order valence-electron chi connectivity index (χ0n) is 19.2. The molecule has 0 bridgehead atoms. The smallest absolute Gasteiger partial charge is 0.353 e. The number of carbonyl (C=O) groups excluding carboxylic acids is 2. The van der Waals surface area contributed by atoms with Crippen LogP contribution in [0.1, 0.15) is 33.6 Å². The van der Waals surface area contributed by atoms with Gasteiger partial charge in [-0.3, -0.25) is 15.0 Å². The molecule has 3 fully saturated rings. The van der Waals surface area contributed by atoms with Crippen LogP contribution in [0.3, 0.4) is 0 Å². The van der Waals surface area contributed by atoms with Crippen LogP contribution in [0, 0.1) is 23.2 Å². The Labute approximate surface area is 197 Å². The van der Waals surface area contributed by atoms with Gasteiger partial charge in [-0.25, -0.2) is 4.79 Å². The molecule has 2 amide bonds. The Hall–Kier alpha value is -2.11. The summed E-state index contributed by atoms with van der Waals surface area (Å²) in [5, 5.41) is 33.7. The summed E-state index contributed by atoms with van der Waals surface area (Å²) in [4.78, 5) is 41.4. The molecule has 33 heavy (non-hydrogen) atoms. The van der Waals surface area contributed by atoms with Crippen LogP contribution in [0.5, 0.6) is 0 Å². The van der Waals surface area contributed by atoms with Gasteiger partial charge in [0.15, 0.2) is 0 Å². The first-order valence-corrected chi connectivity index (χ1v) is 12.4. The Morgan fingerprint density at radius 1 is 1.39 bits per heavy atom. The minimum atomic E-state index is -1.13. The average Bonchev–Trinajstić information content (AvgIpc) is 3.45. The largest absolute Gasteiger partial charge is 0.477 e. The number of amidine groups is 1. The lowest BCUT2D eigenvalue weighted by atomic mass is 9.79. The normalized spacial score (nSPS) is 34.4. The molecule has 0 aliphatic carbocycles. The van der Waals surface area contributed by atoms with E-state index in [-0.39, 0.29) is 40.8 Å². The fourth-order valence-corrected chi connectivity index (χ4v) is 7.04. The third kappa shape index (κ3) is 4.38. The molecule has 5 N–H and O–H groups in total. The number of nitrogens with one attached hydrogen (secondary N) is 3. The van der Waals surface area contributed by atoms with Crippen molar-refractivity contribution in [1.29, 1.82) is 5.41 Å². The van der Waals surface area contributed by atoms with E-state index in [1.165, 1.54) is 16.7 Å². The Morgan fingerprint density at radius 2 is 2.12 bits per heavy atom. The molecule has 10 nitrogen and oxygen atoms in total. The lowest BCUT2D eigenvalue weighted by molar-refractivity contribution is -0.163. The van der Waals surface area contributed by atoms with Crippen LogP contribution in [0.4, 0.5) is 0 Å². The fourth-order valence-electron chi connectivity index (χ4n) is 5.56. The molecule has 0 radical (unpaired) electrons. The van der Waals surface area contributed by atoms with Crippen molar-refractivity contribution in [1.82, 2.24) is 20.4 Å². The third-order valence-corrected chi connectivity index (χ3v) is 8.76. The molecule has 11 heteroatoms. The molecule has 0 unspecified atom stereocenters. The first-order chi connectivity index (χ1) is 15.6. The Bertz CT molecular complexity index is 892. The van der Waals surface area contributed by atoms with Crippen LogP contribution in [0.15, 0.2) is 10.6 Å². The van der Waals surface area contributed by atoms with Gasteiger partial charge in [0.1, 0.15) is 5.70 Å². The van der Waals surface area contributed by atoms with Crippen LogP contribution >= 0.6 is 11.8 Å². The number of β-lactam (4-membered cyclic amide) rings is 1. The van der Waals surface area contributed by atoms with Crippen LogP contribution in [0.25, 0.3) is 0 Å². The Balaban J connectivity index is 1.37. The Kier molecular flexibility index (Phi) is 6.75. The van der Waals surface area contributed by atoms with E-state index >= 15 is 0 Å². The first-order valence-electron chi connectivity index (χ1n) is 11.6. The number of aliphatic carboxylic acids is 1. The zero-order chi connectivity index (χ0) is 24.0. The van der Waals surface area contributed by atoms with Crippen LogP contribution in [-0.2, 0) is 14.4 Å². The number of aliphatic hydroxyl groups excluding tert-OH is 1. The maximum atomic E-state index is 13.0. The second kappa shape index (κ2) is 9.27. The SMILES string of the molecule is CC(=N)NC[C@@H]1CCN(C(=O)[C@@H]2C[C@H](SC3=C(C(=O)O)N4C(=O)[C@H]([C@@H](C)O)[C@H]4[C@H]3C)CN2)C1. The summed E-state index contributed by atoms with van der Waals surface area (Å²) in [5.41, 5.74) is 0.0329. The first kappa shape index (κ1) is 24.0. The predicted octanol–water partition coefficient (Wildman–Crippen LogP) is 0.0391. The highest BCUT2D eigenvalue weighted by molar-refractivity contribution is 8.03. The van der Waals surface area contributed by atoms with Gasteiger partial charge in [0, 0.05) is 42.3 Å². The second-order valence-corrected chi connectivity index (χ2v) is 11.0. The molecule has 0 aromatic heterocycles. The summed E-state index contributed by atoms with van der Waals surface area (Å²) in [6.07, 6.45) is 0.696. The van der Waals surface area contributed by atoms with Crippen LogP contribution in [-0.4, -0.2) is 93.2 Å². The van der Waals surface area contributed by atoms with Gasteiger partial charge in [-0.1, -0.05) is 6.92 Å². The maximum Gasteiger partial charge on any atom is 0.353 e. The van der Waals surface area contributed by atoms with Crippen molar-refractivity contribution in [2.75, 3.05) is 26.2 Å². The van der Waals surface area contributed by atoms with E-state index < -0.39 is 18.0 Å². The van der Waals surface area contributed by atoms with Gasteiger partial charge in [0.25, 0.3) is 0 Å². The van der Waals surface area contributed by atoms with Crippen LogP contribution in [0.2, 0.25) is 0 Å². The summed E-state index contributed by atoms with van der Waals surface area (Å²) in [6.45, 7) is 7.87. The number of likely N-dealkylation sites (tertiary alicyclic amines) is 1. The van der Waals surface area contributed by atoms with Crippen LogP contribution < -0.4 is 10.6 Å². The predicted molar refractivity (Wildman–Crippen MR) is 124 cm³/mol. The van der Waals surface area contributed by atoms with E-state index in [1.54, 1.807) is 13.8 Å². The molecule has 3 saturated heterocycles. The number of hydrogen-bond donors (Lipinski definition) is 5. The molecular weight excluding hydrogens is 446 g/mol. The van der Waals surface area contributed by atoms with Crippen molar-refractivity contribution < 1.29 is 24.6 Å². The molecule has 0 aromatic rings. The highest BCUT2D eigenvalue weighted by Gasteiger charge is 2.60. The molecule has 0 spiro atoms. The fraction of sp³-hybridized carbons (Fsp3) is 0.727. The molecule has 7 atom stereocenters. The second-order valence-electron chi connectivity index (χ2n) is 9.65. The molecule has 4 aliphatic rings. The summed E-state index contributed by atoms with van der Waals surface area (Å²) < 4.78 is 0. The average molecular weight is 480 g/mol. The summed E-state index contributed by atoms with van der Waals surface area (Å²) in [7, 11) is 0. The van der Waals surface area contributed by atoms with E-state index in [1.807, 2.05) is 11.8 Å². The van der Waals surface area contributed by atoms with Crippen molar-refractivity contribution in [3.63, 3.8) is 0 Å². The number of fused-ring (bicyclic) bond motifs is 1. The number of nitrogens with zero attached hydrogens (tertiary/aromatic N) is 2. The number of carboxylic acid groups (broad SMARTS) is 1. The van der Waals surface area contributed by atoms with Gasteiger partial charge in [0.05, 0.1) is 29.9 Å². The highest BCUT2D eigenvalue weighted by atomic mass is 32.2. The van der Waals surface area contributed by atoms with Gasteiger partial charge in [0.2, 0.25) is 11.8 Å². The van der Waals surface area contributed by atoms with Crippen molar-refractivity contribution in [2.45, 2.75) is 57.1 Å². The lowest BCUT2D eigenvalue weighted by Gasteiger charge is -2.46. The standard InChI is InChI=1S/C22H33N5O5S/c1-10-17-16(11(2)28)21(30)27(17)18(22(31)32)19(10)33-14-6-15(25-8-14)20(29)26-5-4-13(9-26)7-24-12(3)23/h10-11,13-17,25,28H,4-9H2,1-3H3,(H2,23,24)(H,31,32)/t10-,11-,13+,14+,15+,16-,17-/m1/s1. The summed E-state index contributed by atoms with van der Waals surface area (Å²) >= 11 is 1.45. The minimum absolute atomic E-state index is 0.0326. The van der Waals surface area contributed by atoms with Gasteiger partial charge in [-0.15, -0.1) is 11.8 Å². The summed E-state index contributed by atoms with van der Waals surface area (Å²) in [5.74, 6) is -1.35. The minimum Gasteiger partial charge on any atom is -0.477 e. The van der Waals surface area contributed by atoms with Gasteiger partial charge in [-0.05, 0) is 32.6 Å². The maximum absolute atomic E-state index is 13.0. The van der Waals surface area contributed by atoms with Crippen molar-refractivity contribution >= 4 is 35.4 Å². The molecule has 4 heterocycles. The molecular formula is C22H33N5O5S. The Morgan fingerprint density at radius 3 is 2.76 bits per heavy atom. The van der Waals surface area contributed by atoms with E-state index in [4.69, 9.17) is 5.41 Å². The highest BCUT2D eigenvalue weighted by Crippen LogP contribution is 2.51. The van der Waals surface area contributed by atoms with E-state index in [9.17, 15) is 24.6 Å². The van der Waals surface area contributed by atoms with Crippen molar-refractivity contribution in [3.8, 4) is 0 Å². The monoisotopic (exact) mass is 479 g/mol. The van der Waals surface area contributed by atoms with E-state index in [2.05, 4.69) is 10.6 Å². The zero-order valence-corrected chi connectivity index (χ0v) is 20.0. The third-order valence-electron chi connectivity index (χ3n) is 7.25. The summed E-state index contributed by atoms with van der Waals surface area (Å²) in [6, 6.07) is -0.620. The molecule has 0 saturated carbocycles. The van der Waals surface area contributed by atoms with Gasteiger partial charge in [-0.2, -0.15) is 0 Å². The number of rotatable bonds is 7. The number of hydrogen-bond acceptors (Lipinski definition) is 7. The number of carbonyl (C=O) groups is 3. The number of amides is 2. The molecule has 4 aliphatic heterocycles. The lowest BCUT2D eigenvalue weighted by Crippen LogP contribution is -2.63. The van der Waals surface area contributed by atoms with Gasteiger partial charge >= 0.3 is 5.97 Å². The topological polar surface area (TPSA) is 146 Å². The number of aliphatic hydroxyl groups is 1. The number of thioether (sulfide) groups is 1. The van der Waals surface area contributed by atoms with E-state index in [0.717, 1.165) is 6.42 Å². The molecule has 182 valence electrons. The number of carboxylic acids is 1. The van der Waals surface area contributed by atoms with E-state index in [0.29, 0.717) is 49.3 Å².